The van der Waals surface area contributed by atoms with Crippen LogP contribution in [0, 0.1) is 17.8 Å². The average molecular weight is 1790 g/mol. The van der Waals surface area contributed by atoms with E-state index in [1.165, 1.54) is 92.6 Å². The van der Waals surface area contributed by atoms with Crippen molar-refractivity contribution in [3.8, 4) is 44.6 Å². The van der Waals surface area contributed by atoms with Gasteiger partial charge in [0.15, 0.2) is 6.04 Å². The molecule has 4 bridgehead atoms. The molecule has 15 atom stereocenters. The summed E-state index contributed by atoms with van der Waals surface area (Å²) in [4.78, 5) is 141. The van der Waals surface area contributed by atoms with Gasteiger partial charge >= 0.3 is 36.4 Å². The van der Waals surface area contributed by atoms with Crippen molar-refractivity contribution in [2.45, 2.75) is 243 Å². The lowest BCUT2D eigenvalue weighted by molar-refractivity contribution is -0.143. The van der Waals surface area contributed by atoms with Gasteiger partial charge in [0.05, 0.1) is 110 Å². The topological polar surface area (TPSA) is 394 Å². The molecule has 0 spiro atoms. The first-order valence-corrected chi connectivity index (χ1v) is 45.7. The number of nitrogens with one attached hydrogen (secondary N) is 7. The zero-order chi connectivity index (χ0) is 92.8. The highest BCUT2D eigenvalue weighted by Gasteiger charge is 2.54. The molecule has 0 radical (unpaired) electrons. The van der Waals surface area contributed by atoms with Gasteiger partial charge in [0.25, 0.3) is 0 Å². The number of ether oxygens (including phenoxy) is 8. The molecule has 32 heteroatoms. The molecule has 9 aromatic rings. The van der Waals surface area contributed by atoms with Gasteiger partial charge in [-0.3, -0.25) is 19.4 Å². The number of allylic oxidation sites excluding steroid dienone is 4. The maximum absolute atomic E-state index is 14.2. The number of aromatic nitrogens is 8. The zero-order valence-electron chi connectivity index (χ0n) is 77.2. The Balaban J connectivity index is 0.000000170. The largest absolute Gasteiger partial charge is 0.480 e. The number of benzene rings is 5. The van der Waals surface area contributed by atoms with Crippen molar-refractivity contribution in [3.63, 3.8) is 0 Å². The molecular weight excluding hydrogens is 1670 g/mol. The number of carbonyl (C=O) groups excluding carboxylic acids is 7. The number of H-pyrrole nitrogens is 4. The first kappa shape index (κ1) is 91.9. The first-order valence-electron chi connectivity index (χ1n) is 45.7. The standard InChI is InChI=1S/C48H56N8O8.C44H52N6O4.C7H13NO5/c1-25(61-3)40(53-47(59)63-5)45(57)55-19-7-8-39(55)43-49-24-38(52-43)31-13-17-35-30(21-31)10-9-29-20-27(12-16-34(29)35)28-14-18-36-37(23-28)51-44(50-36)42-32-11-15-33(22-32)56(42)46(58)41(26(2)62-4)54-48(60)64-6;1-43(2,3)53-41(51)49-19-7-8-37(49)39-45-24-36(48-39)29-13-17-33-28(21-29)10-9-27-20-25(12-16-32(27)33)26-14-18-34-35(23-26)47-40(46-34)38-30-11-15-31(22-30)50(38)42(52)54-44(4,5)6;1-4(12-2)5(6(9)10)8-7(11)13-3/h12-14,16-18,20-21,23-26,32-33,39-42H,7-11,15,19,22H2,1-6H3,(H,49,52)(H,50,51)(H,53,59)(H,54,60);12-14,16-18,20,23-24,28,30-31,37-38H,7-11,15,19,21-22H2,1-6H3,(H,45,48)(H,46,47);4-5H,1-3H3,(H,8,11)(H,9,10)/t25-,26-,32+,33-,39+,40+,41+,42+;28?,30-,31+,37-,38-;4-,5+/m101/s1. The third kappa shape index (κ3) is 19.3. The predicted octanol–water partition coefficient (Wildman–Crippen LogP) is 16.4. The Kier molecular flexibility index (Phi) is 26.8. The van der Waals surface area contributed by atoms with Gasteiger partial charge in [-0.15, -0.1) is 0 Å². The molecule has 4 aliphatic heterocycles. The molecule has 8 heterocycles. The fourth-order valence-corrected chi connectivity index (χ4v) is 20.8. The number of carboxylic acids is 1. The number of aromatic amines is 4. The molecular formula is C99H121N15O17. The lowest BCUT2D eigenvalue weighted by Crippen LogP contribution is -2.56. The van der Waals surface area contributed by atoms with Crippen molar-refractivity contribution in [1.29, 1.82) is 0 Å². The predicted molar refractivity (Wildman–Crippen MR) is 491 cm³/mol. The van der Waals surface area contributed by atoms with Crippen LogP contribution < -0.4 is 16.0 Å². The van der Waals surface area contributed by atoms with Gasteiger partial charge in [0.2, 0.25) is 11.8 Å². The summed E-state index contributed by atoms with van der Waals surface area (Å²) in [5.41, 5.74) is 20.5. The van der Waals surface area contributed by atoms with Crippen LogP contribution in [0.5, 0.6) is 0 Å². The van der Waals surface area contributed by atoms with Crippen molar-refractivity contribution in [1.82, 2.24) is 75.4 Å². The smallest absolute Gasteiger partial charge is 0.411 e. The van der Waals surface area contributed by atoms with Crippen molar-refractivity contribution in [3.05, 3.63) is 167 Å². The fourth-order valence-electron chi connectivity index (χ4n) is 20.8. The van der Waals surface area contributed by atoms with Crippen LogP contribution in [0.25, 0.3) is 77.9 Å². The highest BCUT2D eigenvalue weighted by atomic mass is 16.6. The molecule has 694 valence electrons. The molecule has 4 aromatic heterocycles. The SMILES string of the molecule is CC(C)(C)OC(=O)N1CCC[C@H]1c1ncc(C2=CC=C3c4ccc(-c5ccc6nc([C@@H]7[C@H]8CC[C@H](C8)N7C(=O)OC(C)(C)C)[nH]c6c5)cc4CCC3C2)[nH]1.COC(=O)N[C@H](C(=O)N1CCC[C@H]1c1ncc(-c2ccc3c(c2)CCc2cc(-c4ccc5nc([C@@H]6[C@H]7CC[C@H](C7)N6C(=O)[C@@H](NC(=O)OC)[C@@H](C)OC)[nH]c5c4)ccc2-3)[nH]1)[C@@H](C)OC.COC(=O)N[C@H](C(=O)O)[C@@H](C)OC. The third-order valence-electron chi connectivity index (χ3n) is 27.6. The number of amides is 7. The minimum atomic E-state index is -1.17. The molecule has 2 saturated carbocycles. The highest BCUT2D eigenvalue weighted by Crippen LogP contribution is 2.53. The molecule has 5 aliphatic carbocycles. The number of carboxylic acid groups (broad SMARTS) is 1. The second-order valence-electron chi connectivity index (χ2n) is 37.9. The number of rotatable bonds is 20. The van der Waals surface area contributed by atoms with Gasteiger partial charge in [0.1, 0.15) is 46.6 Å². The number of piperidine rings is 2. The minimum absolute atomic E-state index is 0.0682. The lowest BCUT2D eigenvalue weighted by Gasteiger charge is -2.37. The third-order valence-corrected chi connectivity index (χ3v) is 27.6. The number of aliphatic carboxylic acids is 1. The van der Waals surface area contributed by atoms with Gasteiger partial charge in [0, 0.05) is 46.5 Å². The molecule has 8 N–H and O–H groups in total. The van der Waals surface area contributed by atoms with E-state index in [1.807, 2.05) is 74.7 Å². The lowest BCUT2D eigenvalue weighted by atomic mass is 9.73. The number of fused-ring (bicyclic) bond motifs is 12. The summed E-state index contributed by atoms with van der Waals surface area (Å²) in [6, 6.07) is 29.6. The van der Waals surface area contributed by atoms with Crippen LogP contribution in [0.4, 0.5) is 24.0 Å². The summed E-state index contributed by atoms with van der Waals surface area (Å²) in [5.74, 6) is 2.69. The first-order chi connectivity index (χ1) is 62.8. The molecule has 18 rings (SSSR count). The Morgan fingerprint density at radius 1 is 0.458 bits per heavy atom. The Morgan fingerprint density at radius 2 is 0.901 bits per heavy atom. The second kappa shape index (κ2) is 38.2. The van der Waals surface area contributed by atoms with Crippen molar-refractivity contribution in [2.24, 2.45) is 17.8 Å². The van der Waals surface area contributed by atoms with E-state index in [0.717, 1.165) is 177 Å². The normalized spacial score (nSPS) is 22.4. The van der Waals surface area contributed by atoms with Gasteiger partial charge in [-0.2, -0.15) is 0 Å². The molecule has 32 nitrogen and oxygen atoms in total. The fraction of sp³-hybridized carbons (Fsp3) is 0.495. The maximum Gasteiger partial charge on any atom is 0.411 e. The Hall–Kier alpha value is -12.4. The number of alkyl carbamates (subject to hydrolysis) is 3. The summed E-state index contributed by atoms with van der Waals surface area (Å²) < 4.78 is 41.1. The van der Waals surface area contributed by atoms with Crippen molar-refractivity contribution < 1.29 is 81.4 Å². The van der Waals surface area contributed by atoms with Crippen LogP contribution in [0.2, 0.25) is 0 Å². The van der Waals surface area contributed by atoms with E-state index in [9.17, 15) is 38.4 Å². The van der Waals surface area contributed by atoms with E-state index < -0.39 is 71.9 Å². The number of aryl methyl sites for hydroxylation is 3. The zero-order valence-corrected chi connectivity index (χ0v) is 77.2. The number of hydrogen-bond acceptors (Lipinski definition) is 20. The molecule has 6 fully saturated rings. The summed E-state index contributed by atoms with van der Waals surface area (Å²) in [6.45, 7) is 17.8. The van der Waals surface area contributed by atoms with Crippen molar-refractivity contribution in [2.75, 3.05) is 55.7 Å². The van der Waals surface area contributed by atoms with E-state index in [1.54, 1.807) is 18.7 Å². The van der Waals surface area contributed by atoms with Gasteiger partial charge in [-0.25, -0.2) is 48.7 Å². The van der Waals surface area contributed by atoms with E-state index in [-0.39, 0.29) is 66.2 Å². The Morgan fingerprint density at radius 3 is 1.44 bits per heavy atom. The van der Waals surface area contributed by atoms with Crippen LogP contribution in [0.3, 0.4) is 0 Å². The van der Waals surface area contributed by atoms with E-state index in [0.29, 0.717) is 30.7 Å². The Labute approximate surface area is 761 Å². The summed E-state index contributed by atoms with van der Waals surface area (Å²) in [6.07, 6.45) is 18.2. The molecule has 5 aromatic carbocycles. The van der Waals surface area contributed by atoms with Crippen molar-refractivity contribution >= 4 is 81.5 Å². The number of imidazole rings is 4. The maximum atomic E-state index is 14.2. The van der Waals surface area contributed by atoms with E-state index in [2.05, 4.69) is 138 Å². The van der Waals surface area contributed by atoms with Gasteiger partial charge in [-0.05, 0) is 279 Å². The number of nitrogens with zero attached hydrogens (tertiary/aromatic N) is 8. The Bertz CT molecular complexity index is 5870. The van der Waals surface area contributed by atoms with Crippen LogP contribution >= 0.6 is 0 Å². The monoisotopic (exact) mass is 1790 g/mol. The summed E-state index contributed by atoms with van der Waals surface area (Å²) in [5, 5.41) is 16.1. The van der Waals surface area contributed by atoms with E-state index >= 15 is 0 Å². The molecule has 7 amide bonds. The summed E-state index contributed by atoms with van der Waals surface area (Å²) in [7, 11) is 8.10. The second-order valence-corrected chi connectivity index (χ2v) is 37.9. The van der Waals surface area contributed by atoms with Crippen LogP contribution in [-0.4, -0.2) is 228 Å². The average Bonchev–Trinajstić information content (AvgIpc) is 1.64. The number of likely N-dealkylation sites (tertiary alicyclic amines) is 4. The number of carbonyl (C=O) groups is 8. The quantitative estimate of drug-likeness (QED) is 0.0329. The van der Waals surface area contributed by atoms with Crippen LogP contribution in [0.1, 0.15) is 215 Å². The number of hydrogen-bond donors (Lipinski definition) is 8. The molecule has 9 aliphatic rings. The van der Waals surface area contributed by atoms with Gasteiger partial charge in [-0.1, -0.05) is 72.8 Å². The highest BCUT2D eigenvalue weighted by molar-refractivity contribution is 5.91. The molecule has 131 heavy (non-hydrogen) atoms. The number of methoxy groups -OCH3 is 6. The molecule has 1 unspecified atom stereocenters. The van der Waals surface area contributed by atoms with Crippen LogP contribution in [0.15, 0.2) is 116 Å². The minimum Gasteiger partial charge on any atom is -0.480 e. The van der Waals surface area contributed by atoms with Gasteiger partial charge < -0.3 is 88.7 Å². The van der Waals surface area contributed by atoms with Crippen LogP contribution in [-0.2, 0) is 71.5 Å². The van der Waals surface area contributed by atoms with E-state index in [4.69, 9.17) is 58.2 Å². The molecule has 4 saturated heterocycles. The summed E-state index contributed by atoms with van der Waals surface area (Å²) >= 11 is 0.